The van der Waals surface area contributed by atoms with Crippen LogP contribution in [-0.2, 0) is 13.2 Å². The summed E-state index contributed by atoms with van der Waals surface area (Å²) < 4.78 is 77.9. The van der Waals surface area contributed by atoms with Crippen molar-refractivity contribution in [3.63, 3.8) is 0 Å². The van der Waals surface area contributed by atoms with Crippen molar-refractivity contribution in [1.82, 2.24) is 14.8 Å². The average Bonchev–Trinajstić information content (AvgIpc) is 2.85. The third-order valence-electron chi connectivity index (χ3n) is 3.23. The number of hydrogen-bond donors (Lipinski definition) is 1. The Kier molecular flexibility index (Phi) is 4.12. The van der Waals surface area contributed by atoms with Crippen LogP contribution in [0, 0.1) is 0 Å². The fourth-order valence-corrected chi connectivity index (χ4v) is 2.51. The molecule has 1 aliphatic rings. The molecule has 0 unspecified atom stereocenters. The van der Waals surface area contributed by atoms with E-state index in [0.717, 1.165) is 14.0 Å². The Morgan fingerprint density at radius 3 is 2.25 bits per heavy atom. The molecular weight excluding hydrogens is 370 g/mol. The van der Waals surface area contributed by atoms with Gasteiger partial charge in [0.25, 0.3) is 11.6 Å². The third-order valence-corrected chi connectivity index (χ3v) is 3.59. The molecule has 1 aromatic rings. The smallest absolute Gasteiger partial charge is 0.362 e. The number of carbonyl (C=O) groups is 1. The first kappa shape index (κ1) is 18.5. The van der Waals surface area contributed by atoms with E-state index in [-0.39, 0.29) is 10.7 Å². The molecule has 0 spiro atoms. The fraction of sp³-hybridized carbons (Fsp3) is 0.545. The Labute approximate surface area is 135 Å². The number of rotatable bonds is 1. The van der Waals surface area contributed by atoms with Crippen molar-refractivity contribution in [2.45, 2.75) is 31.4 Å². The van der Waals surface area contributed by atoms with Gasteiger partial charge in [0.05, 0.1) is 0 Å². The summed E-state index contributed by atoms with van der Waals surface area (Å²) >= 11 is 5.47. The zero-order valence-electron chi connectivity index (χ0n) is 12.0. The molecule has 2 rings (SSSR count). The molecule has 1 aliphatic heterocycles. The summed E-state index contributed by atoms with van der Waals surface area (Å²) in [5, 5.41) is 14.6. The molecule has 13 heteroatoms. The van der Waals surface area contributed by atoms with E-state index in [2.05, 4.69) is 10.2 Å². The number of aromatic nitrogens is 2. The molecule has 0 aromatic carbocycles. The zero-order valence-corrected chi connectivity index (χ0v) is 12.8. The van der Waals surface area contributed by atoms with Gasteiger partial charge in [0.15, 0.2) is 5.69 Å². The first-order valence-corrected chi connectivity index (χ1v) is 6.55. The number of hydrogen-bond acceptors (Lipinski definition) is 4. The van der Waals surface area contributed by atoms with Gasteiger partial charge >= 0.3 is 12.4 Å². The van der Waals surface area contributed by atoms with Gasteiger partial charge in [0.1, 0.15) is 10.7 Å². The van der Waals surface area contributed by atoms with Crippen LogP contribution >= 0.6 is 11.6 Å². The predicted molar refractivity (Wildman–Crippen MR) is 68.1 cm³/mol. The monoisotopic (exact) mass is 378 g/mol. The highest BCUT2D eigenvalue weighted by Gasteiger charge is 2.63. The standard InChI is InChI=1S/C11H9ClF6N4O2/c1-4-3-9(24,11(16,17)18)22(19-4)8(23)6-5(12)7(10(13,14)15)20-21(6)2/h24H,3H2,1-2H3/t9-/m1/s1. The Bertz CT molecular complexity index is 725. The highest BCUT2D eigenvalue weighted by atomic mass is 35.5. The maximum absolute atomic E-state index is 13.1. The van der Waals surface area contributed by atoms with Gasteiger partial charge in [-0.3, -0.25) is 9.48 Å². The van der Waals surface area contributed by atoms with Crippen LogP contribution in [0.15, 0.2) is 5.10 Å². The Morgan fingerprint density at radius 2 is 1.83 bits per heavy atom. The number of alkyl halides is 6. The van der Waals surface area contributed by atoms with Gasteiger partial charge < -0.3 is 5.11 Å². The van der Waals surface area contributed by atoms with Crippen LogP contribution in [0.5, 0.6) is 0 Å². The number of hydrazone groups is 1. The van der Waals surface area contributed by atoms with Gasteiger partial charge in [-0.15, -0.1) is 0 Å². The Hall–Kier alpha value is -1.82. The van der Waals surface area contributed by atoms with Gasteiger partial charge in [-0.25, -0.2) is 0 Å². The zero-order chi connectivity index (χ0) is 18.7. The van der Waals surface area contributed by atoms with E-state index in [9.17, 15) is 36.2 Å². The fourth-order valence-electron chi connectivity index (χ4n) is 2.17. The summed E-state index contributed by atoms with van der Waals surface area (Å²) in [7, 11) is 0.896. The molecule has 0 saturated carbocycles. The average molecular weight is 379 g/mol. The van der Waals surface area contributed by atoms with E-state index in [1.807, 2.05) is 0 Å². The van der Waals surface area contributed by atoms with E-state index in [1.54, 1.807) is 0 Å². The summed E-state index contributed by atoms with van der Waals surface area (Å²) in [6, 6.07) is 0. The molecule has 24 heavy (non-hydrogen) atoms. The minimum Gasteiger partial charge on any atom is -0.362 e. The summed E-state index contributed by atoms with van der Waals surface area (Å²) in [6.45, 7) is 1.12. The van der Waals surface area contributed by atoms with Crippen molar-refractivity contribution < 1.29 is 36.2 Å². The van der Waals surface area contributed by atoms with Crippen molar-refractivity contribution in [3.05, 3.63) is 16.4 Å². The van der Waals surface area contributed by atoms with Crippen LogP contribution in [-0.4, -0.2) is 43.4 Å². The summed E-state index contributed by atoms with van der Waals surface area (Å²) in [4.78, 5) is 12.3. The molecule has 2 heterocycles. The third kappa shape index (κ3) is 2.73. The Morgan fingerprint density at radius 1 is 1.29 bits per heavy atom. The van der Waals surface area contributed by atoms with Crippen LogP contribution in [0.3, 0.4) is 0 Å². The van der Waals surface area contributed by atoms with Crippen LogP contribution in [0.1, 0.15) is 29.5 Å². The molecule has 0 bridgehead atoms. The van der Waals surface area contributed by atoms with Crippen molar-refractivity contribution in [2.75, 3.05) is 0 Å². The lowest BCUT2D eigenvalue weighted by molar-refractivity contribution is -0.297. The highest BCUT2D eigenvalue weighted by molar-refractivity contribution is 6.34. The van der Waals surface area contributed by atoms with Gasteiger partial charge in [-0.05, 0) is 6.92 Å². The van der Waals surface area contributed by atoms with Gasteiger partial charge in [0.2, 0.25) is 0 Å². The molecular formula is C11H9ClF6N4O2. The van der Waals surface area contributed by atoms with Crippen molar-refractivity contribution >= 4 is 23.2 Å². The minimum atomic E-state index is -5.29. The predicted octanol–water partition coefficient (Wildman–Crippen LogP) is 2.56. The van der Waals surface area contributed by atoms with Gasteiger partial charge in [-0.1, -0.05) is 11.6 Å². The number of halogens is 7. The molecule has 1 N–H and O–H groups in total. The molecule has 1 atom stereocenters. The largest absolute Gasteiger partial charge is 0.438 e. The summed E-state index contributed by atoms with van der Waals surface area (Å²) in [5.41, 5.74) is -6.53. The minimum absolute atomic E-state index is 0.238. The number of aliphatic hydroxyl groups is 1. The van der Waals surface area contributed by atoms with E-state index >= 15 is 0 Å². The lowest BCUT2D eigenvalue weighted by Gasteiger charge is -2.32. The van der Waals surface area contributed by atoms with E-state index in [0.29, 0.717) is 4.68 Å². The molecule has 134 valence electrons. The topological polar surface area (TPSA) is 70.7 Å². The number of amides is 1. The number of nitrogens with zero attached hydrogens (tertiary/aromatic N) is 4. The second-order valence-electron chi connectivity index (χ2n) is 5.08. The van der Waals surface area contributed by atoms with Crippen LogP contribution in [0.2, 0.25) is 5.02 Å². The highest BCUT2D eigenvalue weighted by Crippen LogP contribution is 2.42. The molecule has 0 fully saturated rings. The maximum Gasteiger partial charge on any atom is 0.438 e. The van der Waals surface area contributed by atoms with Crippen LogP contribution in [0.25, 0.3) is 0 Å². The maximum atomic E-state index is 13.1. The van der Waals surface area contributed by atoms with Crippen molar-refractivity contribution in [1.29, 1.82) is 0 Å². The second-order valence-corrected chi connectivity index (χ2v) is 5.45. The lowest BCUT2D eigenvalue weighted by atomic mass is 10.1. The number of carbonyl (C=O) groups excluding carboxylic acids is 1. The van der Waals surface area contributed by atoms with Crippen LogP contribution in [0.4, 0.5) is 26.3 Å². The summed E-state index contributed by atoms with van der Waals surface area (Å²) in [6.07, 6.45) is -11.3. The normalized spacial score (nSPS) is 22.1. The molecule has 0 saturated heterocycles. The molecule has 0 radical (unpaired) electrons. The number of aryl methyl sites for hydroxylation is 1. The van der Waals surface area contributed by atoms with E-state index < -0.39 is 46.8 Å². The molecule has 0 aliphatic carbocycles. The van der Waals surface area contributed by atoms with Crippen molar-refractivity contribution in [2.24, 2.45) is 12.1 Å². The van der Waals surface area contributed by atoms with Crippen molar-refractivity contribution in [3.8, 4) is 0 Å². The molecule has 6 nitrogen and oxygen atoms in total. The molecule has 1 amide bonds. The van der Waals surface area contributed by atoms with E-state index in [1.165, 1.54) is 0 Å². The Balaban J connectivity index is 2.55. The van der Waals surface area contributed by atoms with Gasteiger partial charge in [-0.2, -0.15) is 41.6 Å². The SMILES string of the molecule is CC1=NN(C(=O)c2c(Cl)c(C(F)(F)F)nn2C)[C@](O)(C(F)(F)F)C1. The van der Waals surface area contributed by atoms with E-state index in [4.69, 9.17) is 11.6 Å². The lowest BCUT2D eigenvalue weighted by Crippen LogP contribution is -2.56. The van der Waals surface area contributed by atoms with Gasteiger partial charge in [0, 0.05) is 19.2 Å². The quantitative estimate of drug-likeness (QED) is 0.764. The first-order chi connectivity index (χ1) is 10.7. The first-order valence-electron chi connectivity index (χ1n) is 6.17. The summed E-state index contributed by atoms with van der Waals surface area (Å²) in [5.74, 6) is -1.66. The van der Waals surface area contributed by atoms with Crippen LogP contribution < -0.4 is 0 Å². The molecule has 1 aromatic heterocycles. The second kappa shape index (κ2) is 5.34.